The van der Waals surface area contributed by atoms with E-state index in [-0.39, 0.29) is 5.41 Å². The van der Waals surface area contributed by atoms with Gasteiger partial charge in [-0.05, 0) is 101 Å². The Morgan fingerprint density at radius 3 is 1.80 bits per heavy atom. The third-order valence-electron chi connectivity index (χ3n) is 10.7. The predicted octanol–water partition coefficient (Wildman–Crippen LogP) is 13.6. The van der Waals surface area contributed by atoms with Crippen molar-refractivity contribution in [2.75, 3.05) is 0 Å². The van der Waals surface area contributed by atoms with Gasteiger partial charge in [-0.1, -0.05) is 153 Å². The van der Waals surface area contributed by atoms with Crippen LogP contribution in [0.3, 0.4) is 0 Å². The number of hydrogen-bond acceptors (Lipinski definition) is 2. The molecule has 0 atom stereocenters. The summed E-state index contributed by atoms with van der Waals surface area (Å²) >= 11 is 1.75. The highest BCUT2D eigenvalue weighted by atomic mass is 32.1. The van der Waals surface area contributed by atoms with Crippen molar-refractivity contribution < 1.29 is 0 Å². The zero-order valence-corrected chi connectivity index (χ0v) is 28.8. The molecule has 0 aliphatic heterocycles. The molecule has 50 heavy (non-hydrogen) atoms. The van der Waals surface area contributed by atoms with Gasteiger partial charge in [-0.15, -0.1) is 11.3 Å². The van der Waals surface area contributed by atoms with Gasteiger partial charge in [0, 0.05) is 11.0 Å². The standard InChI is InChI=1S/C48H33NS/c1-48(2)41-21-11-10-17-34(41)38-28-39-40(29-42(38)48)46(35-18-7-6-16-33(35)30-14-4-3-5-15-30)37-20-9-8-19-36(37)45(39)31-24-26-32(27-25-31)47-49-43-22-12-13-23-44(43)50-47/h3-29H,1-2H3. The van der Waals surface area contributed by atoms with Gasteiger partial charge in [-0.3, -0.25) is 0 Å². The molecule has 0 amide bonds. The Bertz CT molecular complexity index is 2740. The molecule has 0 fully saturated rings. The SMILES string of the molecule is CC1(C)c2ccccc2-c2cc3c(-c4ccc(-c5nc6ccccc6s5)cc4)c4ccccc4c(-c4ccccc4-c4ccccc4)c3cc21. The number of thiazole rings is 1. The van der Waals surface area contributed by atoms with Crippen molar-refractivity contribution in [3.63, 3.8) is 0 Å². The second-order valence-corrected chi connectivity index (χ2v) is 14.9. The molecule has 236 valence electrons. The van der Waals surface area contributed by atoms with E-state index in [0.29, 0.717) is 0 Å². The quantitative estimate of drug-likeness (QED) is 0.172. The lowest BCUT2D eigenvalue weighted by atomic mass is 9.79. The Balaban J connectivity index is 1.29. The average molecular weight is 656 g/mol. The largest absolute Gasteiger partial charge is 0.236 e. The molecule has 0 saturated heterocycles. The van der Waals surface area contributed by atoms with Crippen LogP contribution in [0.4, 0.5) is 0 Å². The molecule has 8 aromatic carbocycles. The highest BCUT2D eigenvalue weighted by Gasteiger charge is 2.36. The van der Waals surface area contributed by atoms with E-state index in [1.165, 1.54) is 81.9 Å². The van der Waals surface area contributed by atoms with Gasteiger partial charge in [0.1, 0.15) is 5.01 Å². The summed E-state index contributed by atoms with van der Waals surface area (Å²) in [6, 6.07) is 60.2. The lowest BCUT2D eigenvalue weighted by Gasteiger charge is -2.24. The number of hydrogen-bond donors (Lipinski definition) is 0. The molecule has 0 unspecified atom stereocenters. The number of para-hydroxylation sites is 1. The van der Waals surface area contributed by atoms with Gasteiger partial charge in [0.2, 0.25) is 0 Å². The fraction of sp³-hybridized carbons (Fsp3) is 0.0625. The maximum absolute atomic E-state index is 4.96. The third-order valence-corrected chi connectivity index (χ3v) is 11.8. The van der Waals surface area contributed by atoms with Gasteiger partial charge in [-0.25, -0.2) is 4.98 Å². The van der Waals surface area contributed by atoms with Crippen molar-refractivity contribution in [2.45, 2.75) is 19.3 Å². The van der Waals surface area contributed by atoms with Gasteiger partial charge in [-0.2, -0.15) is 0 Å². The fourth-order valence-electron chi connectivity index (χ4n) is 8.32. The van der Waals surface area contributed by atoms with Crippen LogP contribution in [0.1, 0.15) is 25.0 Å². The Morgan fingerprint density at radius 1 is 0.420 bits per heavy atom. The summed E-state index contributed by atoms with van der Waals surface area (Å²) in [5.74, 6) is 0. The van der Waals surface area contributed by atoms with Gasteiger partial charge in [0.25, 0.3) is 0 Å². The molecular formula is C48H33NS. The molecule has 1 aliphatic carbocycles. The van der Waals surface area contributed by atoms with E-state index in [4.69, 9.17) is 4.98 Å². The summed E-state index contributed by atoms with van der Waals surface area (Å²) in [6.07, 6.45) is 0. The molecular weight excluding hydrogens is 623 g/mol. The van der Waals surface area contributed by atoms with E-state index in [9.17, 15) is 0 Å². The first-order chi connectivity index (χ1) is 24.6. The topological polar surface area (TPSA) is 12.9 Å². The van der Waals surface area contributed by atoms with Crippen LogP contribution in [0.25, 0.3) is 86.8 Å². The zero-order chi connectivity index (χ0) is 33.4. The molecule has 1 heterocycles. The molecule has 0 bridgehead atoms. The molecule has 0 radical (unpaired) electrons. The maximum atomic E-state index is 4.96. The molecule has 1 aromatic heterocycles. The van der Waals surface area contributed by atoms with E-state index in [0.717, 1.165) is 16.1 Å². The highest BCUT2D eigenvalue weighted by molar-refractivity contribution is 7.21. The summed E-state index contributed by atoms with van der Waals surface area (Å²) in [7, 11) is 0. The summed E-state index contributed by atoms with van der Waals surface area (Å²) in [5, 5.41) is 6.15. The van der Waals surface area contributed by atoms with Crippen LogP contribution in [0.15, 0.2) is 164 Å². The molecule has 0 saturated carbocycles. The Morgan fingerprint density at radius 2 is 1.02 bits per heavy atom. The minimum absolute atomic E-state index is 0.110. The van der Waals surface area contributed by atoms with E-state index < -0.39 is 0 Å². The summed E-state index contributed by atoms with van der Waals surface area (Å²) in [4.78, 5) is 4.96. The normalized spacial score (nSPS) is 13.2. The number of benzene rings is 8. The van der Waals surface area contributed by atoms with Gasteiger partial charge in [0.15, 0.2) is 0 Å². The number of nitrogens with zero attached hydrogens (tertiary/aromatic N) is 1. The van der Waals surface area contributed by atoms with Crippen LogP contribution in [0.5, 0.6) is 0 Å². The van der Waals surface area contributed by atoms with Crippen molar-refractivity contribution in [1.82, 2.24) is 4.98 Å². The van der Waals surface area contributed by atoms with E-state index in [1.54, 1.807) is 11.3 Å². The lowest BCUT2D eigenvalue weighted by Crippen LogP contribution is -2.14. The van der Waals surface area contributed by atoms with Crippen LogP contribution in [0.2, 0.25) is 0 Å². The van der Waals surface area contributed by atoms with Crippen molar-refractivity contribution >= 4 is 43.1 Å². The number of rotatable bonds is 4. The van der Waals surface area contributed by atoms with Crippen LogP contribution < -0.4 is 0 Å². The molecule has 10 rings (SSSR count). The summed E-state index contributed by atoms with van der Waals surface area (Å²) in [6.45, 7) is 4.76. The van der Waals surface area contributed by atoms with Crippen LogP contribution in [-0.4, -0.2) is 4.98 Å². The second kappa shape index (κ2) is 11.1. The van der Waals surface area contributed by atoms with Gasteiger partial charge < -0.3 is 0 Å². The average Bonchev–Trinajstić information content (AvgIpc) is 3.70. The van der Waals surface area contributed by atoms with Crippen molar-refractivity contribution in [3.8, 4) is 55.1 Å². The first-order valence-electron chi connectivity index (χ1n) is 17.3. The zero-order valence-electron chi connectivity index (χ0n) is 27.9. The van der Waals surface area contributed by atoms with Crippen molar-refractivity contribution in [3.05, 3.63) is 175 Å². The predicted molar refractivity (Wildman–Crippen MR) is 214 cm³/mol. The van der Waals surface area contributed by atoms with Crippen molar-refractivity contribution in [2.24, 2.45) is 0 Å². The van der Waals surface area contributed by atoms with E-state index in [2.05, 4.69) is 178 Å². The Labute approximate surface area is 296 Å². The second-order valence-electron chi connectivity index (χ2n) is 13.9. The number of aromatic nitrogens is 1. The third kappa shape index (κ3) is 4.35. The van der Waals surface area contributed by atoms with Crippen molar-refractivity contribution in [1.29, 1.82) is 0 Å². The summed E-state index contributed by atoms with van der Waals surface area (Å²) in [5.41, 5.74) is 15.0. The summed E-state index contributed by atoms with van der Waals surface area (Å²) < 4.78 is 1.21. The maximum Gasteiger partial charge on any atom is 0.124 e. The fourth-order valence-corrected chi connectivity index (χ4v) is 9.29. The van der Waals surface area contributed by atoms with Crippen LogP contribution in [0, 0.1) is 0 Å². The first kappa shape index (κ1) is 29.1. The molecule has 0 N–H and O–H groups in total. The monoisotopic (exact) mass is 655 g/mol. The van der Waals surface area contributed by atoms with E-state index in [1.807, 2.05) is 0 Å². The van der Waals surface area contributed by atoms with E-state index >= 15 is 0 Å². The van der Waals surface area contributed by atoms with Gasteiger partial charge >= 0.3 is 0 Å². The molecule has 2 heteroatoms. The highest BCUT2D eigenvalue weighted by Crippen LogP contribution is 2.54. The number of fused-ring (bicyclic) bond motifs is 6. The smallest absolute Gasteiger partial charge is 0.124 e. The van der Waals surface area contributed by atoms with Crippen LogP contribution in [-0.2, 0) is 5.41 Å². The minimum atomic E-state index is -0.110. The molecule has 0 spiro atoms. The molecule has 1 aliphatic rings. The lowest BCUT2D eigenvalue weighted by molar-refractivity contribution is 0.661. The molecule has 9 aromatic rings. The minimum Gasteiger partial charge on any atom is -0.236 e. The van der Waals surface area contributed by atoms with Gasteiger partial charge in [0.05, 0.1) is 10.2 Å². The Hall–Kier alpha value is -5.83. The molecule has 1 nitrogen and oxygen atoms in total. The van der Waals surface area contributed by atoms with Crippen LogP contribution >= 0.6 is 11.3 Å². The Kier molecular flexibility index (Phi) is 6.46. The first-order valence-corrected chi connectivity index (χ1v) is 18.1.